The lowest BCUT2D eigenvalue weighted by atomic mass is 10.3. The second kappa shape index (κ2) is 5.41. The van der Waals surface area contributed by atoms with Gasteiger partial charge in [0, 0.05) is 13.0 Å². The second-order valence-electron chi connectivity index (χ2n) is 3.14. The minimum atomic E-state index is 0.0599. The standard InChI is InChI=1S/C6H21N6/c1-2-5-12(9,10)6-3-4-11(7)8/h2-10H2,1H3/q+1. The van der Waals surface area contributed by atoms with Crippen LogP contribution in [-0.4, -0.2) is 29.5 Å². The third kappa shape index (κ3) is 6.47. The fraction of sp³-hybridized carbons (Fsp3) is 1.00. The maximum atomic E-state index is 5.73. The average Bonchev–Trinajstić information content (AvgIpc) is 1.85. The molecule has 0 aromatic carbocycles. The summed E-state index contributed by atoms with van der Waals surface area (Å²) < 4.78 is 0.0599. The van der Waals surface area contributed by atoms with E-state index in [2.05, 4.69) is 0 Å². The summed E-state index contributed by atoms with van der Waals surface area (Å²) in [5.41, 5.74) is 0. The van der Waals surface area contributed by atoms with Crippen LogP contribution in [0.1, 0.15) is 19.8 Å². The second-order valence-corrected chi connectivity index (χ2v) is 3.14. The molecule has 0 saturated heterocycles. The molecule has 0 aromatic heterocycles. The van der Waals surface area contributed by atoms with E-state index in [4.69, 9.17) is 23.4 Å². The van der Waals surface area contributed by atoms with Crippen molar-refractivity contribution in [2.45, 2.75) is 19.8 Å². The third-order valence-corrected chi connectivity index (χ3v) is 1.63. The minimum absolute atomic E-state index is 0.0599. The Bertz CT molecular complexity index is 113. The van der Waals surface area contributed by atoms with Gasteiger partial charge in [-0.3, -0.25) is 11.7 Å². The summed E-state index contributed by atoms with van der Waals surface area (Å²) in [7, 11) is 0. The Labute approximate surface area is 73.5 Å². The molecule has 0 aromatic rings. The highest BCUT2D eigenvalue weighted by Gasteiger charge is 2.15. The SMILES string of the molecule is CCC[N+](N)(N)CCCN(N)N. The molecule has 0 bridgehead atoms. The van der Waals surface area contributed by atoms with Crippen molar-refractivity contribution in [3.63, 3.8) is 0 Å². The predicted octanol–water partition coefficient (Wildman–Crippen LogP) is -1.60. The summed E-state index contributed by atoms with van der Waals surface area (Å²) in [6, 6.07) is 0. The van der Waals surface area contributed by atoms with Gasteiger partial charge in [-0.1, -0.05) is 6.92 Å². The predicted molar refractivity (Wildman–Crippen MR) is 48.4 cm³/mol. The number of hydrazine groups is 2. The molecule has 0 fully saturated rings. The van der Waals surface area contributed by atoms with Crippen LogP contribution < -0.4 is 23.4 Å². The molecule has 0 amide bonds. The van der Waals surface area contributed by atoms with Crippen molar-refractivity contribution >= 4 is 0 Å². The molecule has 0 radical (unpaired) electrons. The van der Waals surface area contributed by atoms with E-state index >= 15 is 0 Å². The molecule has 0 spiro atoms. The highest BCUT2D eigenvalue weighted by molar-refractivity contribution is 4.39. The van der Waals surface area contributed by atoms with Crippen molar-refractivity contribution < 1.29 is 4.70 Å². The quantitative estimate of drug-likeness (QED) is 0.222. The van der Waals surface area contributed by atoms with Crippen molar-refractivity contribution in [1.82, 2.24) is 5.12 Å². The van der Waals surface area contributed by atoms with E-state index in [0.717, 1.165) is 24.5 Å². The number of nitrogens with zero attached hydrogens (tertiary/aromatic N) is 2. The van der Waals surface area contributed by atoms with Gasteiger partial charge in [-0.15, -0.1) is 0 Å². The van der Waals surface area contributed by atoms with Gasteiger partial charge in [-0.2, -0.15) is 21.5 Å². The van der Waals surface area contributed by atoms with Crippen LogP contribution in [0.15, 0.2) is 0 Å². The van der Waals surface area contributed by atoms with Gasteiger partial charge in [0.15, 0.2) is 0 Å². The van der Waals surface area contributed by atoms with Crippen LogP contribution in [0.4, 0.5) is 0 Å². The molecule has 0 atom stereocenters. The molecule has 74 valence electrons. The molecular formula is C6H21N6+. The van der Waals surface area contributed by atoms with Crippen LogP contribution >= 0.6 is 0 Å². The Balaban J connectivity index is 3.46. The first-order valence-corrected chi connectivity index (χ1v) is 4.19. The molecule has 0 aliphatic rings. The highest BCUT2D eigenvalue weighted by Crippen LogP contribution is 1.93. The maximum absolute atomic E-state index is 5.73. The number of quaternary nitrogens is 1. The molecule has 8 N–H and O–H groups in total. The number of rotatable bonds is 6. The minimum Gasteiger partial charge on any atom is -0.255 e. The van der Waals surface area contributed by atoms with E-state index < -0.39 is 0 Å². The number of hydrogen-bond donors (Lipinski definition) is 4. The third-order valence-electron chi connectivity index (χ3n) is 1.63. The normalized spacial score (nSPS) is 12.5. The molecule has 0 heterocycles. The lowest BCUT2D eigenvalue weighted by molar-refractivity contribution is -0.951. The largest absolute Gasteiger partial charge is 0.255 e. The average molecular weight is 177 g/mol. The van der Waals surface area contributed by atoms with E-state index in [-0.39, 0.29) is 4.70 Å². The van der Waals surface area contributed by atoms with Crippen molar-refractivity contribution in [2.75, 3.05) is 19.6 Å². The van der Waals surface area contributed by atoms with Crippen LogP contribution in [0.25, 0.3) is 0 Å². The van der Waals surface area contributed by atoms with Gasteiger partial charge < -0.3 is 0 Å². The van der Waals surface area contributed by atoms with Crippen LogP contribution in [0.2, 0.25) is 0 Å². The molecule has 12 heavy (non-hydrogen) atoms. The summed E-state index contributed by atoms with van der Waals surface area (Å²) in [6.07, 6.45) is 1.78. The molecule has 0 rings (SSSR count). The van der Waals surface area contributed by atoms with Gasteiger partial charge in [0.2, 0.25) is 0 Å². The highest BCUT2D eigenvalue weighted by atomic mass is 15.7. The molecule has 0 aliphatic heterocycles. The Morgan fingerprint density at radius 3 is 2.17 bits per heavy atom. The van der Waals surface area contributed by atoms with E-state index in [1.807, 2.05) is 6.92 Å². The van der Waals surface area contributed by atoms with Crippen molar-refractivity contribution in [3.8, 4) is 0 Å². The first-order valence-electron chi connectivity index (χ1n) is 4.19. The summed E-state index contributed by atoms with van der Waals surface area (Å²) in [4.78, 5) is 0. The summed E-state index contributed by atoms with van der Waals surface area (Å²) in [5.74, 6) is 21.9. The van der Waals surface area contributed by atoms with Crippen LogP contribution in [-0.2, 0) is 0 Å². The van der Waals surface area contributed by atoms with Gasteiger partial charge in [0.1, 0.15) is 13.1 Å². The fourth-order valence-corrected chi connectivity index (χ4v) is 1.08. The zero-order valence-electron chi connectivity index (χ0n) is 7.74. The topological polar surface area (TPSA) is 107 Å². The lowest BCUT2D eigenvalue weighted by Gasteiger charge is -2.26. The first kappa shape index (κ1) is 11.8. The summed E-state index contributed by atoms with van der Waals surface area (Å²) in [6.45, 7) is 4.12. The first-order chi connectivity index (χ1) is 5.48. The number of hydrogen-bond acceptors (Lipinski definition) is 5. The molecule has 0 unspecified atom stereocenters. The lowest BCUT2D eigenvalue weighted by Crippen LogP contribution is -2.61. The van der Waals surface area contributed by atoms with Crippen molar-refractivity contribution in [1.29, 1.82) is 0 Å². The molecule has 0 saturated carbocycles. The summed E-state index contributed by atoms with van der Waals surface area (Å²) in [5, 5.41) is 1.14. The van der Waals surface area contributed by atoms with Crippen LogP contribution in [0, 0.1) is 0 Å². The summed E-state index contributed by atoms with van der Waals surface area (Å²) >= 11 is 0. The van der Waals surface area contributed by atoms with E-state index in [0.29, 0.717) is 13.1 Å². The number of nitrogens with two attached hydrogens (primary N) is 4. The van der Waals surface area contributed by atoms with Gasteiger partial charge in [-0.05, 0) is 6.42 Å². The molecule has 6 nitrogen and oxygen atoms in total. The van der Waals surface area contributed by atoms with E-state index in [9.17, 15) is 0 Å². The Morgan fingerprint density at radius 1 is 1.17 bits per heavy atom. The Hall–Kier alpha value is -0.240. The zero-order chi connectivity index (χ0) is 9.61. The van der Waals surface area contributed by atoms with Crippen LogP contribution in [0.3, 0.4) is 0 Å². The van der Waals surface area contributed by atoms with Gasteiger partial charge in [0.25, 0.3) is 0 Å². The Morgan fingerprint density at radius 2 is 1.75 bits per heavy atom. The fourth-order valence-electron chi connectivity index (χ4n) is 1.08. The smallest absolute Gasteiger partial charge is 0.116 e. The van der Waals surface area contributed by atoms with Gasteiger partial charge in [-0.25, -0.2) is 0 Å². The molecular weight excluding hydrogens is 156 g/mol. The Kier molecular flexibility index (Phi) is 5.31. The van der Waals surface area contributed by atoms with Gasteiger partial charge in [0.05, 0.1) is 0 Å². The van der Waals surface area contributed by atoms with E-state index in [1.54, 1.807) is 0 Å². The molecule has 6 heteroatoms. The van der Waals surface area contributed by atoms with Crippen LogP contribution in [0.5, 0.6) is 0 Å². The van der Waals surface area contributed by atoms with Crippen molar-refractivity contribution in [2.24, 2.45) is 23.4 Å². The zero-order valence-corrected chi connectivity index (χ0v) is 7.74. The molecule has 0 aliphatic carbocycles. The van der Waals surface area contributed by atoms with Gasteiger partial charge >= 0.3 is 0 Å². The monoisotopic (exact) mass is 177 g/mol. The van der Waals surface area contributed by atoms with Crippen molar-refractivity contribution in [3.05, 3.63) is 0 Å². The maximum Gasteiger partial charge on any atom is 0.116 e. The van der Waals surface area contributed by atoms with E-state index in [1.165, 1.54) is 0 Å².